The van der Waals surface area contributed by atoms with Crippen molar-refractivity contribution in [3.63, 3.8) is 0 Å². The summed E-state index contributed by atoms with van der Waals surface area (Å²) in [6, 6.07) is 3.23. The zero-order valence-corrected chi connectivity index (χ0v) is 14.2. The maximum Gasteiger partial charge on any atom is 0.251 e. The Bertz CT molecular complexity index is 622. The highest BCUT2D eigenvalue weighted by Gasteiger charge is 2.34. The van der Waals surface area contributed by atoms with Crippen LogP contribution >= 0.6 is 0 Å². The zero-order valence-electron chi connectivity index (χ0n) is 14.2. The number of hydrogen-bond donors (Lipinski definition) is 2. The molecule has 2 atom stereocenters. The molecular weight excluding hydrogens is 308 g/mol. The number of carbonyl (C=O) groups excluding carboxylic acids is 1. The van der Waals surface area contributed by atoms with Crippen molar-refractivity contribution in [1.29, 1.82) is 0 Å². The Hall–Kier alpha value is -1.66. The van der Waals surface area contributed by atoms with Gasteiger partial charge >= 0.3 is 0 Å². The number of amides is 1. The van der Waals surface area contributed by atoms with E-state index in [4.69, 9.17) is 9.47 Å². The van der Waals surface area contributed by atoms with E-state index in [0.717, 1.165) is 38.2 Å². The van der Waals surface area contributed by atoms with Crippen LogP contribution in [-0.4, -0.2) is 43.4 Å². The number of aromatic nitrogens is 1. The van der Waals surface area contributed by atoms with Crippen LogP contribution in [0.1, 0.15) is 42.2 Å². The van der Waals surface area contributed by atoms with Crippen molar-refractivity contribution in [2.45, 2.75) is 38.6 Å². The second kappa shape index (κ2) is 7.94. The SMILES string of the molecule is CCc1cc(C(=O)N[C@H]2CCOC[C@H]2C2CCOCC2)cc(=O)[nH]1. The largest absolute Gasteiger partial charge is 0.381 e. The van der Waals surface area contributed by atoms with E-state index in [1.165, 1.54) is 6.07 Å². The Balaban J connectivity index is 1.71. The van der Waals surface area contributed by atoms with Gasteiger partial charge < -0.3 is 19.8 Å². The summed E-state index contributed by atoms with van der Waals surface area (Å²) in [6.07, 6.45) is 3.55. The van der Waals surface area contributed by atoms with Crippen molar-refractivity contribution >= 4 is 5.91 Å². The van der Waals surface area contributed by atoms with Gasteiger partial charge in [0.05, 0.1) is 6.61 Å². The summed E-state index contributed by atoms with van der Waals surface area (Å²) in [5.74, 6) is 0.675. The minimum absolute atomic E-state index is 0.0960. The molecule has 1 aromatic heterocycles. The van der Waals surface area contributed by atoms with Crippen LogP contribution in [0.3, 0.4) is 0 Å². The first-order valence-electron chi connectivity index (χ1n) is 8.87. The lowest BCUT2D eigenvalue weighted by Gasteiger charge is -2.39. The van der Waals surface area contributed by atoms with Crippen LogP contribution in [0.5, 0.6) is 0 Å². The maximum absolute atomic E-state index is 12.6. The summed E-state index contributed by atoms with van der Waals surface area (Å²) in [4.78, 5) is 27.1. The van der Waals surface area contributed by atoms with E-state index in [2.05, 4.69) is 10.3 Å². The van der Waals surface area contributed by atoms with Crippen LogP contribution in [0.25, 0.3) is 0 Å². The van der Waals surface area contributed by atoms with Gasteiger partial charge in [-0.1, -0.05) is 6.92 Å². The Morgan fingerprint density at radius 1 is 1.21 bits per heavy atom. The van der Waals surface area contributed by atoms with Crippen LogP contribution in [0.15, 0.2) is 16.9 Å². The molecule has 2 fully saturated rings. The summed E-state index contributed by atoms with van der Waals surface area (Å²) >= 11 is 0. The second-order valence-corrected chi connectivity index (χ2v) is 6.67. The molecule has 1 amide bonds. The number of H-pyrrole nitrogens is 1. The van der Waals surface area contributed by atoms with Crippen molar-refractivity contribution in [3.05, 3.63) is 33.7 Å². The average molecular weight is 334 g/mol. The molecular formula is C18H26N2O4. The molecule has 2 aliphatic rings. The van der Waals surface area contributed by atoms with Gasteiger partial charge in [0.25, 0.3) is 5.91 Å². The molecule has 2 N–H and O–H groups in total. The van der Waals surface area contributed by atoms with E-state index in [1.54, 1.807) is 6.07 Å². The highest BCUT2D eigenvalue weighted by Crippen LogP contribution is 2.30. The van der Waals surface area contributed by atoms with Crippen LogP contribution in [0.4, 0.5) is 0 Å². The molecule has 2 saturated heterocycles. The number of carbonyl (C=O) groups is 1. The molecule has 6 heteroatoms. The normalized spacial score (nSPS) is 25.4. The van der Waals surface area contributed by atoms with Gasteiger partial charge in [-0.15, -0.1) is 0 Å². The van der Waals surface area contributed by atoms with E-state index >= 15 is 0 Å². The van der Waals surface area contributed by atoms with Crippen molar-refractivity contribution in [3.8, 4) is 0 Å². The Morgan fingerprint density at radius 3 is 2.71 bits per heavy atom. The molecule has 0 bridgehead atoms. The van der Waals surface area contributed by atoms with Crippen LogP contribution < -0.4 is 10.9 Å². The number of nitrogens with one attached hydrogen (secondary N) is 2. The predicted molar refractivity (Wildman–Crippen MR) is 90.2 cm³/mol. The molecule has 3 rings (SSSR count). The van der Waals surface area contributed by atoms with Crippen molar-refractivity contribution < 1.29 is 14.3 Å². The fraction of sp³-hybridized carbons (Fsp3) is 0.667. The molecule has 2 aliphatic heterocycles. The first kappa shape index (κ1) is 17.2. The van der Waals surface area contributed by atoms with Crippen molar-refractivity contribution in [1.82, 2.24) is 10.3 Å². The molecule has 1 aromatic rings. The Labute approximate surface area is 141 Å². The minimum atomic E-state index is -0.229. The van der Waals surface area contributed by atoms with Gasteiger partial charge in [-0.3, -0.25) is 9.59 Å². The van der Waals surface area contributed by atoms with Crippen molar-refractivity contribution in [2.75, 3.05) is 26.4 Å². The molecule has 0 unspecified atom stereocenters. The van der Waals surface area contributed by atoms with Crippen LogP contribution in [-0.2, 0) is 15.9 Å². The van der Waals surface area contributed by atoms with Gasteiger partial charge in [0.2, 0.25) is 5.56 Å². The van der Waals surface area contributed by atoms with E-state index in [-0.39, 0.29) is 17.5 Å². The van der Waals surface area contributed by atoms with E-state index in [9.17, 15) is 9.59 Å². The topological polar surface area (TPSA) is 80.4 Å². The molecule has 0 radical (unpaired) electrons. The van der Waals surface area contributed by atoms with Crippen molar-refractivity contribution in [2.24, 2.45) is 11.8 Å². The third-order valence-corrected chi connectivity index (χ3v) is 5.13. The van der Waals surface area contributed by atoms with E-state index in [0.29, 0.717) is 37.0 Å². The zero-order chi connectivity index (χ0) is 16.9. The number of aryl methyl sites for hydroxylation is 1. The van der Waals surface area contributed by atoms with Gasteiger partial charge in [0, 0.05) is 49.1 Å². The molecule has 3 heterocycles. The maximum atomic E-state index is 12.6. The summed E-state index contributed by atoms with van der Waals surface area (Å²) in [6.45, 7) is 4.88. The molecule has 0 spiro atoms. The highest BCUT2D eigenvalue weighted by atomic mass is 16.5. The predicted octanol–water partition coefficient (Wildman–Crippen LogP) is 1.50. The lowest BCUT2D eigenvalue weighted by atomic mass is 9.79. The third-order valence-electron chi connectivity index (χ3n) is 5.13. The summed E-state index contributed by atoms with van der Waals surface area (Å²) in [5.41, 5.74) is 0.987. The average Bonchev–Trinajstić information content (AvgIpc) is 2.62. The van der Waals surface area contributed by atoms with Crippen LogP contribution in [0.2, 0.25) is 0 Å². The van der Waals surface area contributed by atoms with Crippen LogP contribution in [0, 0.1) is 11.8 Å². The molecule has 6 nitrogen and oxygen atoms in total. The molecule has 132 valence electrons. The molecule has 24 heavy (non-hydrogen) atoms. The standard InChI is InChI=1S/C18H26N2O4/c1-2-14-9-13(10-17(21)19-14)18(22)20-16-5-8-24-11-15(16)12-3-6-23-7-4-12/h9-10,12,15-16H,2-8,11H2,1H3,(H,19,21)(H,20,22)/t15-,16-/m0/s1. The fourth-order valence-corrected chi connectivity index (χ4v) is 3.72. The van der Waals surface area contributed by atoms with Gasteiger partial charge in [0.15, 0.2) is 0 Å². The smallest absolute Gasteiger partial charge is 0.251 e. The number of rotatable bonds is 4. The molecule has 0 aromatic carbocycles. The number of ether oxygens (including phenoxy) is 2. The second-order valence-electron chi connectivity index (χ2n) is 6.67. The quantitative estimate of drug-likeness (QED) is 0.874. The number of hydrogen-bond acceptors (Lipinski definition) is 4. The summed E-state index contributed by atoms with van der Waals surface area (Å²) in [5, 5.41) is 3.15. The van der Waals surface area contributed by atoms with E-state index < -0.39 is 0 Å². The van der Waals surface area contributed by atoms with Gasteiger partial charge in [-0.2, -0.15) is 0 Å². The summed E-state index contributed by atoms with van der Waals surface area (Å²) < 4.78 is 11.1. The Morgan fingerprint density at radius 2 is 1.96 bits per heavy atom. The molecule has 0 aliphatic carbocycles. The Kier molecular flexibility index (Phi) is 5.68. The number of pyridine rings is 1. The first-order valence-corrected chi connectivity index (χ1v) is 8.87. The lowest BCUT2D eigenvalue weighted by Crippen LogP contribution is -2.49. The number of aromatic amines is 1. The van der Waals surface area contributed by atoms with E-state index in [1.807, 2.05) is 6.92 Å². The monoisotopic (exact) mass is 334 g/mol. The minimum Gasteiger partial charge on any atom is -0.381 e. The highest BCUT2D eigenvalue weighted by molar-refractivity contribution is 5.94. The first-order chi connectivity index (χ1) is 11.7. The van der Waals surface area contributed by atoms with Gasteiger partial charge in [0.1, 0.15) is 0 Å². The third kappa shape index (κ3) is 4.05. The van der Waals surface area contributed by atoms with Gasteiger partial charge in [-0.25, -0.2) is 0 Å². The summed E-state index contributed by atoms with van der Waals surface area (Å²) in [7, 11) is 0. The van der Waals surface area contributed by atoms with Gasteiger partial charge in [-0.05, 0) is 37.7 Å². The molecule has 0 saturated carbocycles. The fourth-order valence-electron chi connectivity index (χ4n) is 3.72. The lowest BCUT2D eigenvalue weighted by molar-refractivity contribution is -0.0259.